The van der Waals surface area contributed by atoms with Gasteiger partial charge in [-0.25, -0.2) is 0 Å². The van der Waals surface area contributed by atoms with Gasteiger partial charge in [-0.05, 0) is 43.7 Å². The molecule has 0 saturated heterocycles. The monoisotopic (exact) mass is 291 g/mol. The van der Waals surface area contributed by atoms with Gasteiger partial charge in [0.05, 0.1) is 12.3 Å². The van der Waals surface area contributed by atoms with Crippen molar-refractivity contribution >= 4 is 23.1 Å². The normalized spacial score (nSPS) is 11.9. The molecule has 0 spiro atoms. The van der Waals surface area contributed by atoms with Crippen molar-refractivity contribution in [2.45, 2.75) is 19.9 Å². The number of benzene rings is 1. The number of ether oxygens (including phenoxy) is 1. The molecular weight excluding hydrogens is 274 g/mol. The van der Waals surface area contributed by atoms with Crippen LogP contribution in [0.3, 0.4) is 0 Å². The lowest BCUT2D eigenvalue weighted by atomic mass is 10.1. The number of nitrogen functional groups attached to an aromatic ring is 1. The Bertz CT molecular complexity index is 572. The third-order valence-electron chi connectivity index (χ3n) is 2.91. The summed E-state index contributed by atoms with van der Waals surface area (Å²) in [6.07, 6.45) is 0. The Morgan fingerprint density at radius 2 is 1.95 bits per heavy atom. The quantitative estimate of drug-likeness (QED) is 0.877. The van der Waals surface area contributed by atoms with E-state index in [1.54, 1.807) is 6.07 Å². The van der Waals surface area contributed by atoms with Gasteiger partial charge >= 0.3 is 0 Å². The van der Waals surface area contributed by atoms with Gasteiger partial charge in [0.25, 0.3) is 0 Å². The molecule has 1 aromatic heterocycles. The van der Waals surface area contributed by atoms with E-state index in [1.807, 2.05) is 37.3 Å². The molecule has 1 atom stereocenters. The number of halogens is 1. The molecule has 1 heterocycles. The van der Waals surface area contributed by atoms with Crippen molar-refractivity contribution in [1.82, 2.24) is 4.98 Å². The predicted octanol–water partition coefficient (Wildman–Crippen LogP) is 3.89. The Labute approximate surface area is 123 Å². The summed E-state index contributed by atoms with van der Waals surface area (Å²) in [6, 6.07) is 11.5. The van der Waals surface area contributed by atoms with E-state index in [1.165, 1.54) is 0 Å². The van der Waals surface area contributed by atoms with Crippen LogP contribution in [0.4, 0.5) is 11.5 Å². The van der Waals surface area contributed by atoms with Gasteiger partial charge in [-0.3, -0.25) is 0 Å². The molecule has 0 bridgehead atoms. The second-order valence-electron chi connectivity index (χ2n) is 4.44. The number of nitrogens with one attached hydrogen (secondary N) is 1. The molecule has 3 N–H and O–H groups in total. The fourth-order valence-electron chi connectivity index (χ4n) is 1.84. The lowest BCUT2D eigenvalue weighted by Gasteiger charge is -2.16. The maximum atomic E-state index is 5.89. The largest absolute Gasteiger partial charge is 0.476 e. The van der Waals surface area contributed by atoms with Crippen LogP contribution in [0.25, 0.3) is 0 Å². The van der Waals surface area contributed by atoms with Crippen LogP contribution in [0.2, 0.25) is 5.02 Å². The second-order valence-corrected chi connectivity index (χ2v) is 4.88. The fraction of sp³-hybridized carbons (Fsp3) is 0.267. The maximum Gasteiger partial charge on any atom is 0.239 e. The molecule has 4 nitrogen and oxygen atoms in total. The number of anilines is 2. The molecule has 0 aliphatic carbocycles. The highest BCUT2D eigenvalue weighted by atomic mass is 35.5. The standard InChI is InChI=1S/C15H18ClN3O/c1-3-20-15-13(17)8-9-14(19-15)18-10(2)11-4-6-12(16)7-5-11/h4-10H,3,17H2,1-2H3,(H,18,19). The van der Waals surface area contributed by atoms with Crippen LogP contribution in [0.5, 0.6) is 5.88 Å². The third-order valence-corrected chi connectivity index (χ3v) is 3.16. The fourth-order valence-corrected chi connectivity index (χ4v) is 1.97. The third kappa shape index (κ3) is 3.54. The summed E-state index contributed by atoms with van der Waals surface area (Å²) in [5.74, 6) is 1.19. The minimum atomic E-state index is 0.109. The average molecular weight is 292 g/mol. The molecule has 1 unspecified atom stereocenters. The Kier molecular flexibility index (Phi) is 4.69. The van der Waals surface area contributed by atoms with Crippen LogP contribution in [0.1, 0.15) is 25.5 Å². The van der Waals surface area contributed by atoms with E-state index in [4.69, 9.17) is 22.1 Å². The van der Waals surface area contributed by atoms with Crippen molar-refractivity contribution < 1.29 is 4.74 Å². The summed E-state index contributed by atoms with van der Waals surface area (Å²) in [6.45, 7) is 4.49. The molecule has 2 aromatic rings. The molecule has 1 aromatic carbocycles. The zero-order valence-corrected chi connectivity index (χ0v) is 12.3. The molecular formula is C15H18ClN3O. The van der Waals surface area contributed by atoms with Crippen LogP contribution in [0.15, 0.2) is 36.4 Å². The zero-order valence-electron chi connectivity index (χ0n) is 11.6. The first-order valence-corrected chi connectivity index (χ1v) is 6.89. The van der Waals surface area contributed by atoms with Crippen LogP contribution in [-0.4, -0.2) is 11.6 Å². The smallest absolute Gasteiger partial charge is 0.239 e. The first kappa shape index (κ1) is 14.5. The van der Waals surface area contributed by atoms with Crippen LogP contribution < -0.4 is 15.8 Å². The van der Waals surface area contributed by atoms with Gasteiger partial charge in [-0.15, -0.1) is 0 Å². The van der Waals surface area contributed by atoms with Gasteiger partial charge in [0.2, 0.25) is 5.88 Å². The number of aromatic nitrogens is 1. The van der Waals surface area contributed by atoms with E-state index < -0.39 is 0 Å². The van der Waals surface area contributed by atoms with E-state index in [0.29, 0.717) is 18.2 Å². The van der Waals surface area contributed by atoms with Crippen LogP contribution in [-0.2, 0) is 0 Å². The first-order valence-electron chi connectivity index (χ1n) is 6.51. The topological polar surface area (TPSA) is 60.2 Å². The summed E-state index contributed by atoms with van der Waals surface area (Å²) in [7, 11) is 0. The van der Waals surface area contributed by atoms with E-state index in [-0.39, 0.29) is 6.04 Å². The van der Waals surface area contributed by atoms with Gasteiger partial charge in [0, 0.05) is 11.1 Å². The van der Waals surface area contributed by atoms with E-state index in [2.05, 4.69) is 17.2 Å². The molecule has 0 radical (unpaired) electrons. The summed E-state index contributed by atoms with van der Waals surface area (Å²) in [4.78, 5) is 4.36. The van der Waals surface area contributed by atoms with Crippen LogP contribution in [0, 0.1) is 0 Å². The molecule has 0 saturated carbocycles. The lowest BCUT2D eigenvalue weighted by Crippen LogP contribution is -2.09. The van der Waals surface area contributed by atoms with Crippen molar-refractivity contribution in [3.8, 4) is 5.88 Å². The second kappa shape index (κ2) is 6.48. The lowest BCUT2D eigenvalue weighted by molar-refractivity contribution is 0.329. The SMILES string of the molecule is CCOc1nc(NC(C)c2ccc(Cl)cc2)ccc1N. The minimum Gasteiger partial charge on any atom is -0.476 e. The first-order chi connectivity index (χ1) is 9.60. The Hall–Kier alpha value is -1.94. The number of rotatable bonds is 5. The summed E-state index contributed by atoms with van der Waals surface area (Å²) < 4.78 is 5.39. The summed E-state index contributed by atoms with van der Waals surface area (Å²) in [5.41, 5.74) is 7.47. The highest BCUT2D eigenvalue weighted by Crippen LogP contribution is 2.24. The highest BCUT2D eigenvalue weighted by molar-refractivity contribution is 6.30. The van der Waals surface area contributed by atoms with Crippen molar-refractivity contribution in [3.05, 3.63) is 47.0 Å². The molecule has 0 aliphatic heterocycles. The average Bonchev–Trinajstić information content (AvgIpc) is 2.43. The van der Waals surface area contributed by atoms with Crippen molar-refractivity contribution in [2.24, 2.45) is 0 Å². The van der Waals surface area contributed by atoms with Gasteiger partial charge in [0.15, 0.2) is 0 Å². The van der Waals surface area contributed by atoms with Crippen molar-refractivity contribution in [3.63, 3.8) is 0 Å². The van der Waals surface area contributed by atoms with Gasteiger partial charge in [0.1, 0.15) is 5.82 Å². The number of nitrogens with zero attached hydrogens (tertiary/aromatic N) is 1. The molecule has 0 amide bonds. The van der Waals surface area contributed by atoms with Crippen LogP contribution >= 0.6 is 11.6 Å². The summed E-state index contributed by atoms with van der Waals surface area (Å²) in [5, 5.41) is 4.04. The van der Waals surface area contributed by atoms with Gasteiger partial charge < -0.3 is 15.8 Å². The molecule has 5 heteroatoms. The zero-order chi connectivity index (χ0) is 14.5. The Balaban J connectivity index is 2.13. The van der Waals surface area contributed by atoms with Crippen molar-refractivity contribution in [1.29, 1.82) is 0 Å². The number of pyridine rings is 1. The molecule has 2 rings (SSSR count). The van der Waals surface area contributed by atoms with E-state index >= 15 is 0 Å². The minimum absolute atomic E-state index is 0.109. The summed E-state index contributed by atoms with van der Waals surface area (Å²) >= 11 is 5.89. The molecule has 106 valence electrons. The highest BCUT2D eigenvalue weighted by Gasteiger charge is 2.08. The van der Waals surface area contributed by atoms with Crippen molar-refractivity contribution in [2.75, 3.05) is 17.7 Å². The number of nitrogens with two attached hydrogens (primary N) is 1. The number of hydrogen-bond acceptors (Lipinski definition) is 4. The molecule has 0 aliphatic rings. The van der Waals surface area contributed by atoms with E-state index in [0.717, 1.165) is 16.4 Å². The van der Waals surface area contributed by atoms with E-state index in [9.17, 15) is 0 Å². The number of hydrogen-bond donors (Lipinski definition) is 2. The van der Waals surface area contributed by atoms with Gasteiger partial charge in [-0.2, -0.15) is 4.98 Å². The Morgan fingerprint density at radius 1 is 1.25 bits per heavy atom. The molecule has 0 fully saturated rings. The molecule has 20 heavy (non-hydrogen) atoms. The Morgan fingerprint density at radius 3 is 2.60 bits per heavy atom. The van der Waals surface area contributed by atoms with Gasteiger partial charge in [-0.1, -0.05) is 23.7 Å². The predicted molar refractivity (Wildman–Crippen MR) is 83.3 cm³/mol. The maximum absolute atomic E-state index is 5.89.